The molecular weight excluding hydrogens is 276 g/mol. The summed E-state index contributed by atoms with van der Waals surface area (Å²) >= 11 is 0. The third kappa shape index (κ3) is 3.01. The molecule has 1 aromatic rings. The van der Waals surface area contributed by atoms with Gasteiger partial charge in [-0.25, -0.2) is 0 Å². The number of amides is 2. The molecule has 22 heavy (non-hydrogen) atoms. The first-order chi connectivity index (χ1) is 10.5. The molecule has 2 saturated carbocycles. The number of rotatable bonds is 4. The Morgan fingerprint density at radius 2 is 1.18 bits per heavy atom. The fourth-order valence-corrected chi connectivity index (χ4v) is 2.90. The van der Waals surface area contributed by atoms with Crippen LogP contribution in [0.5, 0.6) is 0 Å². The van der Waals surface area contributed by atoms with Gasteiger partial charge in [0.15, 0.2) is 0 Å². The van der Waals surface area contributed by atoms with Gasteiger partial charge < -0.3 is 10.6 Å². The van der Waals surface area contributed by atoms with Crippen molar-refractivity contribution in [2.45, 2.75) is 52.4 Å². The van der Waals surface area contributed by atoms with E-state index < -0.39 is 0 Å². The third-order valence-corrected chi connectivity index (χ3v) is 5.04. The maximum Gasteiger partial charge on any atom is 0.227 e. The average molecular weight is 300 g/mol. The zero-order valence-electron chi connectivity index (χ0n) is 13.4. The Bertz CT molecular complexity index is 548. The summed E-state index contributed by atoms with van der Waals surface area (Å²) in [5.41, 5.74) is 3.69. The van der Waals surface area contributed by atoms with Gasteiger partial charge in [0.05, 0.1) is 0 Å². The van der Waals surface area contributed by atoms with Crippen LogP contribution in [0, 0.1) is 25.7 Å². The fourth-order valence-electron chi connectivity index (χ4n) is 2.90. The predicted molar refractivity (Wildman–Crippen MR) is 87.9 cm³/mol. The predicted octanol–water partition coefficient (Wildman–Crippen LogP) is 3.78. The Hall–Kier alpha value is -1.84. The lowest BCUT2D eigenvalue weighted by molar-refractivity contribution is -0.122. The number of nitrogens with one attached hydrogen (secondary N) is 2. The number of aryl methyl sites for hydroxylation is 2. The highest BCUT2D eigenvalue weighted by molar-refractivity contribution is 5.96. The Morgan fingerprint density at radius 1 is 0.818 bits per heavy atom. The highest BCUT2D eigenvalue weighted by Crippen LogP contribution is 2.31. The summed E-state index contributed by atoms with van der Waals surface area (Å²) in [6.45, 7) is 3.93. The second-order valence-electron chi connectivity index (χ2n) is 6.72. The summed E-state index contributed by atoms with van der Waals surface area (Å²) in [7, 11) is 0. The van der Waals surface area contributed by atoms with Crippen LogP contribution >= 0.6 is 0 Å². The van der Waals surface area contributed by atoms with E-state index in [1.54, 1.807) is 0 Å². The monoisotopic (exact) mass is 300 g/mol. The van der Waals surface area contributed by atoms with Crippen molar-refractivity contribution in [3.63, 3.8) is 0 Å². The van der Waals surface area contributed by atoms with Crippen molar-refractivity contribution in [3.05, 3.63) is 23.3 Å². The van der Waals surface area contributed by atoms with Gasteiger partial charge in [0.25, 0.3) is 0 Å². The summed E-state index contributed by atoms with van der Waals surface area (Å²) in [5, 5.41) is 6.05. The van der Waals surface area contributed by atoms with Crippen LogP contribution in [0.2, 0.25) is 0 Å². The second-order valence-corrected chi connectivity index (χ2v) is 6.72. The largest absolute Gasteiger partial charge is 0.326 e. The number of carbonyl (C=O) groups excluding carboxylic acids is 2. The minimum atomic E-state index is 0.125. The molecule has 0 atom stereocenters. The third-order valence-electron chi connectivity index (χ3n) is 5.04. The van der Waals surface area contributed by atoms with Gasteiger partial charge in [0.2, 0.25) is 11.8 Å². The van der Waals surface area contributed by atoms with Gasteiger partial charge >= 0.3 is 0 Å². The van der Waals surface area contributed by atoms with E-state index in [4.69, 9.17) is 0 Å². The first-order valence-corrected chi connectivity index (χ1v) is 8.27. The second kappa shape index (κ2) is 6.11. The van der Waals surface area contributed by atoms with Crippen LogP contribution in [0.3, 0.4) is 0 Å². The molecule has 0 unspecified atom stereocenters. The van der Waals surface area contributed by atoms with Crippen LogP contribution < -0.4 is 10.6 Å². The number of hydrogen-bond acceptors (Lipinski definition) is 2. The van der Waals surface area contributed by atoms with Crippen LogP contribution in [0.4, 0.5) is 11.4 Å². The first-order valence-electron chi connectivity index (χ1n) is 8.27. The van der Waals surface area contributed by atoms with Crippen LogP contribution in [0.25, 0.3) is 0 Å². The van der Waals surface area contributed by atoms with Gasteiger partial charge in [-0.05, 0) is 62.8 Å². The summed E-state index contributed by atoms with van der Waals surface area (Å²) in [6, 6.07) is 3.92. The molecular formula is C18H24N2O2. The molecule has 2 aliphatic rings. The maximum atomic E-state index is 12.1. The quantitative estimate of drug-likeness (QED) is 0.889. The molecule has 1 aromatic carbocycles. The minimum absolute atomic E-state index is 0.125. The van der Waals surface area contributed by atoms with Gasteiger partial charge in [-0.2, -0.15) is 0 Å². The molecule has 0 radical (unpaired) electrons. The number of carbonyl (C=O) groups is 2. The van der Waals surface area contributed by atoms with Crippen molar-refractivity contribution in [2.75, 3.05) is 10.6 Å². The van der Waals surface area contributed by atoms with Crippen molar-refractivity contribution in [3.8, 4) is 0 Å². The van der Waals surface area contributed by atoms with E-state index >= 15 is 0 Å². The first kappa shape index (κ1) is 15.1. The zero-order valence-corrected chi connectivity index (χ0v) is 13.4. The van der Waals surface area contributed by atoms with E-state index in [9.17, 15) is 9.59 Å². The Balaban J connectivity index is 1.69. The number of anilines is 2. The molecule has 4 nitrogen and oxygen atoms in total. The smallest absolute Gasteiger partial charge is 0.227 e. The molecule has 0 aliphatic heterocycles. The highest BCUT2D eigenvalue weighted by atomic mass is 16.2. The minimum Gasteiger partial charge on any atom is -0.326 e. The highest BCUT2D eigenvalue weighted by Gasteiger charge is 2.27. The van der Waals surface area contributed by atoms with Crippen LogP contribution in [-0.4, -0.2) is 11.8 Å². The topological polar surface area (TPSA) is 58.2 Å². The van der Waals surface area contributed by atoms with E-state index in [2.05, 4.69) is 10.6 Å². The SMILES string of the molecule is Cc1cc(NC(=O)C2CCC2)c(C)cc1NC(=O)C1CCC1. The molecule has 118 valence electrons. The summed E-state index contributed by atoms with van der Waals surface area (Å²) in [6.07, 6.45) is 6.31. The van der Waals surface area contributed by atoms with Gasteiger partial charge in [0, 0.05) is 23.2 Å². The van der Waals surface area contributed by atoms with Crippen molar-refractivity contribution in [1.29, 1.82) is 0 Å². The van der Waals surface area contributed by atoms with E-state index in [1.807, 2.05) is 26.0 Å². The van der Waals surface area contributed by atoms with Crippen LogP contribution in [0.15, 0.2) is 12.1 Å². The molecule has 0 saturated heterocycles. The van der Waals surface area contributed by atoms with Gasteiger partial charge in [-0.1, -0.05) is 12.8 Å². The maximum absolute atomic E-state index is 12.1. The van der Waals surface area contributed by atoms with Crippen molar-refractivity contribution in [2.24, 2.45) is 11.8 Å². The standard InChI is InChI=1S/C18H24N2O2/c1-11-9-16(20-18(22)14-7-4-8-14)12(2)10-15(11)19-17(21)13-5-3-6-13/h9-10,13-14H,3-8H2,1-2H3,(H,19,21)(H,20,22). The van der Waals surface area contributed by atoms with Crippen LogP contribution in [-0.2, 0) is 9.59 Å². The van der Waals surface area contributed by atoms with E-state index in [0.717, 1.165) is 61.0 Å². The van der Waals surface area contributed by atoms with Gasteiger partial charge in [0.1, 0.15) is 0 Å². The summed E-state index contributed by atoms with van der Waals surface area (Å²) in [4.78, 5) is 24.2. The number of benzene rings is 1. The fraction of sp³-hybridized carbons (Fsp3) is 0.556. The average Bonchev–Trinajstić information content (AvgIpc) is 2.30. The van der Waals surface area contributed by atoms with Gasteiger partial charge in [-0.15, -0.1) is 0 Å². The van der Waals surface area contributed by atoms with E-state index in [0.29, 0.717) is 0 Å². The lowest BCUT2D eigenvalue weighted by Crippen LogP contribution is -2.29. The molecule has 2 amide bonds. The normalized spacial score (nSPS) is 18.3. The Labute approximate surface area is 131 Å². The Morgan fingerprint density at radius 3 is 1.45 bits per heavy atom. The lowest BCUT2D eigenvalue weighted by Gasteiger charge is -2.26. The van der Waals surface area contributed by atoms with E-state index in [-0.39, 0.29) is 23.7 Å². The van der Waals surface area contributed by atoms with Gasteiger partial charge in [-0.3, -0.25) is 9.59 Å². The molecule has 2 aliphatic carbocycles. The van der Waals surface area contributed by atoms with Crippen molar-refractivity contribution < 1.29 is 9.59 Å². The summed E-state index contributed by atoms with van der Waals surface area (Å²) in [5.74, 6) is 0.607. The lowest BCUT2D eigenvalue weighted by atomic mass is 9.84. The molecule has 2 fully saturated rings. The Kier molecular flexibility index (Phi) is 4.19. The molecule has 2 N–H and O–H groups in total. The van der Waals surface area contributed by atoms with Crippen molar-refractivity contribution in [1.82, 2.24) is 0 Å². The molecule has 3 rings (SSSR count). The summed E-state index contributed by atoms with van der Waals surface area (Å²) < 4.78 is 0. The van der Waals surface area contributed by atoms with Crippen molar-refractivity contribution >= 4 is 23.2 Å². The number of hydrogen-bond donors (Lipinski definition) is 2. The zero-order chi connectivity index (χ0) is 15.7. The molecule has 0 spiro atoms. The molecule has 0 heterocycles. The molecule has 0 aromatic heterocycles. The van der Waals surface area contributed by atoms with E-state index in [1.165, 1.54) is 0 Å². The molecule has 4 heteroatoms. The molecule has 0 bridgehead atoms. The van der Waals surface area contributed by atoms with Crippen LogP contribution in [0.1, 0.15) is 49.7 Å².